The number of benzene rings is 2. The van der Waals surface area contributed by atoms with Crippen molar-refractivity contribution in [1.29, 1.82) is 5.26 Å². The second-order valence-corrected chi connectivity index (χ2v) is 9.14. The van der Waals surface area contributed by atoms with Crippen molar-refractivity contribution in [2.24, 2.45) is 0 Å². The van der Waals surface area contributed by atoms with E-state index >= 15 is 0 Å². The van der Waals surface area contributed by atoms with Crippen LogP contribution in [0.3, 0.4) is 0 Å². The highest BCUT2D eigenvalue weighted by atomic mass is 35.5. The maximum absolute atomic E-state index is 14.9. The van der Waals surface area contributed by atoms with Gasteiger partial charge in [-0.25, -0.2) is 31.9 Å². The average Bonchev–Trinajstić information content (AvgIpc) is 2.81. The van der Waals surface area contributed by atoms with Crippen LogP contribution < -0.4 is 20.3 Å². The van der Waals surface area contributed by atoms with Crippen molar-refractivity contribution < 1.29 is 17.2 Å². The van der Waals surface area contributed by atoms with Crippen molar-refractivity contribution in [3.8, 4) is 6.07 Å². The van der Waals surface area contributed by atoms with Crippen molar-refractivity contribution in [2.45, 2.75) is 4.90 Å². The van der Waals surface area contributed by atoms with Gasteiger partial charge >= 0.3 is 0 Å². The van der Waals surface area contributed by atoms with Gasteiger partial charge in [-0.3, -0.25) is 0 Å². The molecule has 0 amide bonds. The minimum absolute atomic E-state index is 0. The maximum Gasteiger partial charge on any atom is 0.267 e. The Kier molecular flexibility index (Phi) is 9.55. The molecule has 0 aliphatic rings. The van der Waals surface area contributed by atoms with E-state index in [1.165, 1.54) is 0 Å². The third kappa shape index (κ3) is 6.89. The number of nitrogens with zero attached hydrogens (tertiary/aromatic N) is 4. The van der Waals surface area contributed by atoms with Gasteiger partial charge in [-0.15, -0.1) is 12.4 Å². The number of aromatic nitrogens is 2. The summed E-state index contributed by atoms with van der Waals surface area (Å²) >= 11 is 6.28. The molecule has 3 rings (SSSR count). The van der Waals surface area contributed by atoms with Gasteiger partial charge in [0.05, 0.1) is 46.1 Å². The number of rotatable bonds is 9. The summed E-state index contributed by atoms with van der Waals surface area (Å²) in [5.41, 5.74) is 1.75. The Morgan fingerprint density at radius 1 is 1.14 bits per heavy atom. The van der Waals surface area contributed by atoms with Crippen molar-refractivity contribution in [3.05, 3.63) is 64.9 Å². The molecule has 0 spiro atoms. The predicted molar refractivity (Wildman–Crippen MR) is 133 cm³/mol. The quantitative estimate of drug-likeness (QED) is 0.371. The molecule has 0 aliphatic heterocycles. The number of sulfonamides is 1. The number of nitrogens with one attached hydrogen (secondary N) is 3. The second kappa shape index (κ2) is 11.9. The molecule has 186 valence electrons. The van der Waals surface area contributed by atoms with E-state index in [4.69, 9.17) is 11.6 Å². The van der Waals surface area contributed by atoms with E-state index < -0.39 is 32.5 Å². The molecular formula is C21H21Cl2F2N7O2S. The van der Waals surface area contributed by atoms with Crippen molar-refractivity contribution >= 4 is 57.0 Å². The lowest BCUT2D eigenvalue weighted by atomic mass is 10.1. The van der Waals surface area contributed by atoms with Crippen LogP contribution in [0.5, 0.6) is 0 Å². The van der Waals surface area contributed by atoms with Crippen LogP contribution in [-0.4, -0.2) is 45.6 Å². The highest BCUT2D eigenvalue weighted by Crippen LogP contribution is 2.34. The van der Waals surface area contributed by atoms with Crippen molar-refractivity contribution in [3.63, 3.8) is 0 Å². The standard InChI is InChI=1S/C21H20ClF2N7O2S.ClH/c1-26-5-6-31(2)19-7-13(10-25)3-4-17(19)29-18-9-16(24)20(8-15(18)22)34(32,33)30-21-27-11-14(23)12-28-21;/h3-4,7-9,11-12,26,29H,5-6H2,1-2H3,(H,27,28,30);1H. The average molecular weight is 544 g/mol. The summed E-state index contributed by atoms with van der Waals surface area (Å²) in [5.74, 6) is -2.27. The SMILES string of the molecule is CNCCN(C)c1cc(C#N)ccc1Nc1cc(F)c(S(=O)(=O)Nc2ncc(F)cn2)cc1Cl.Cl. The fourth-order valence-corrected chi connectivity index (χ4v) is 4.26. The van der Waals surface area contributed by atoms with Gasteiger partial charge in [-0.2, -0.15) is 5.26 Å². The summed E-state index contributed by atoms with van der Waals surface area (Å²) in [6.45, 7) is 1.30. The molecule has 0 radical (unpaired) electrons. The lowest BCUT2D eigenvalue weighted by Crippen LogP contribution is -2.27. The lowest BCUT2D eigenvalue weighted by Gasteiger charge is -2.23. The summed E-state index contributed by atoms with van der Waals surface area (Å²) in [5, 5.41) is 15.2. The molecule has 9 nitrogen and oxygen atoms in total. The van der Waals surface area contributed by atoms with Gasteiger partial charge in [-0.05, 0) is 31.3 Å². The Bertz CT molecular complexity index is 1340. The first kappa shape index (κ1) is 28.0. The number of nitriles is 1. The van der Waals surface area contributed by atoms with Gasteiger partial charge in [0.25, 0.3) is 10.0 Å². The van der Waals surface area contributed by atoms with Gasteiger partial charge in [0.2, 0.25) is 5.95 Å². The molecule has 0 saturated heterocycles. The lowest BCUT2D eigenvalue weighted by molar-refractivity contribution is 0.570. The zero-order valence-corrected chi connectivity index (χ0v) is 20.9. The minimum atomic E-state index is -4.45. The largest absolute Gasteiger partial charge is 0.372 e. The number of hydrogen-bond acceptors (Lipinski definition) is 8. The van der Waals surface area contributed by atoms with Crippen molar-refractivity contribution in [2.75, 3.05) is 42.1 Å². The molecule has 14 heteroatoms. The van der Waals surface area contributed by atoms with Gasteiger partial charge < -0.3 is 15.5 Å². The first-order chi connectivity index (χ1) is 16.1. The molecule has 1 heterocycles. The number of likely N-dealkylation sites (N-methyl/N-ethyl adjacent to an activating group) is 2. The fourth-order valence-electron chi connectivity index (χ4n) is 2.94. The van der Waals surface area contributed by atoms with E-state index in [1.54, 1.807) is 18.2 Å². The second-order valence-electron chi connectivity index (χ2n) is 7.09. The molecule has 35 heavy (non-hydrogen) atoms. The van der Waals surface area contributed by atoms with Crippen LogP contribution in [-0.2, 0) is 10.0 Å². The molecule has 0 aliphatic carbocycles. The van der Waals surface area contributed by atoms with E-state index in [0.29, 0.717) is 30.0 Å². The van der Waals surface area contributed by atoms with Crippen LogP contribution in [0.2, 0.25) is 5.02 Å². The highest BCUT2D eigenvalue weighted by Gasteiger charge is 2.23. The monoisotopic (exact) mass is 543 g/mol. The van der Waals surface area contributed by atoms with E-state index in [1.807, 2.05) is 23.7 Å². The Morgan fingerprint density at radius 3 is 2.46 bits per heavy atom. The molecule has 0 atom stereocenters. The van der Waals surface area contributed by atoms with Gasteiger partial charge in [-0.1, -0.05) is 11.6 Å². The van der Waals surface area contributed by atoms with E-state index in [2.05, 4.69) is 26.7 Å². The molecule has 1 aromatic heterocycles. The van der Waals surface area contributed by atoms with Crippen LogP contribution in [0.1, 0.15) is 5.56 Å². The van der Waals surface area contributed by atoms with Gasteiger partial charge in [0, 0.05) is 26.2 Å². The molecule has 3 aromatic rings. The maximum atomic E-state index is 14.9. The third-order valence-corrected chi connectivity index (χ3v) is 6.32. The normalized spacial score (nSPS) is 10.7. The summed E-state index contributed by atoms with van der Waals surface area (Å²) in [7, 11) is -0.799. The molecule has 2 aromatic carbocycles. The highest BCUT2D eigenvalue weighted by molar-refractivity contribution is 7.92. The third-order valence-electron chi connectivity index (χ3n) is 4.66. The van der Waals surface area contributed by atoms with E-state index in [0.717, 1.165) is 24.5 Å². The van der Waals surface area contributed by atoms with Crippen LogP contribution in [0, 0.1) is 23.0 Å². The molecule has 0 saturated carbocycles. The number of hydrogen-bond donors (Lipinski definition) is 3. The summed E-state index contributed by atoms with van der Waals surface area (Å²) in [6.07, 6.45) is 1.54. The van der Waals surface area contributed by atoms with E-state index in [-0.39, 0.29) is 23.1 Å². The first-order valence-electron chi connectivity index (χ1n) is 9.81. The Hall–Kier alpha value is -3.24. The number of halogens is 4. The van der Waals surface area contributed by atoms with Gasteiger partial charge in [0.1, 0.15) is 10.7 Å². The summed E-state index contributed by atoms with van der Waals surface area (Å²) in [4.78, 5) is 8.16. The van der Waals surface area contributed by atoms with Crippen LogP contribution in [0.4, 0.5) is 31.8 Å². The first-order valence-corrected chi connectivity index (χ1v) is 11.7. The van der Waals surface area contributed by atoms with Crippen LogP contribution in [0.25, 0.3) is 0 Å². The molecular weight excluding hydrogens is 523 g/mol. The zero-order valence-electron chi connectivity index (χ0n) is 18.5. The van der Waals surface area contributed by atoms with Crippen molar-refractivity contribution in [1.82, 2.24) is 15.3 Å². The minimum Gasteiger partial charge on any atom is -0.372 e. The predicted octanol–water partition coefficient (Wildman–Crippen LogP) is 3.90. The summed E-state index contributed by atoms with van der Waals surface area (Å²) < 4.78 is 55.0. The molecule has 0 fully saturated rings. The van der Waals surface area contributed by atoms with Crippen LogP contribution in [0.15, 0.2) is 47.6 Å². The smallest absolute Gasteiger partial charge is 0.267 e. The Morgan fingerprint density at radius 2 is 1.83 bits per heavy atom. The zero-order chi connectivity index (χ0) is 24.9. The van der Waals surface area contributed by atoms with Gasteiger partial charge in [0.15, 0.2) is 5.82 Å². The van der Waals surface area contributed by atoms with Crippen LogP contribution >= 0.6 is 24.0 Å². The molecule has 0 unspecified atom stereocenters. The number of anilines is 4. The van der Waals surface area contributed by atoms with E-state index in [9.17, 15) is 22.5 Å². The fraction of sp³-hybridized carbons (Fsp3) is 0.190. The summed E-state index contributed by atoms with van der Waals surface area (Å²) in [6, 6.07) is 8.88. The Balaban J connectivity index is 0.00000432. The Labute approximate surface area is 212 Å². The topological polar surface area (TPSA) is 123 Å². The molecule has 0 bridgehead atoms. The molecule has 3 N–H and O–H groups in total.